The minimum absolute atomic E-state index is 0.0793. The largest absolute Gasteiger partial charge is 0.394 e. The van der Waals surface area contributed by atoms with E-state index < -0.39 is 24.4 Å². The summed E-state index contributed by atoms with van der Waals surface area (Å²) in [4.78, 5) is 0. The Balaban J connectivity index is 2.18. The number of nitrogens with zero attached hydrogens (tertiary/aromatic N) is 3. The van der Waals surface area contributed by atoms with E-state index in [4.69, 9.17) is 21.0 Å². The lowest BCUT2D eigenvalue weighted by Crippen LogP contribution is -2.33. The topological polar surface area (TPSA) is 163 Å². The van der Waals surface area contributed by atoms with E-state index in [0.717, 1.165) is 12.2 Å². The molecule has 0 amide bonds. The first-order valence-electron chi connectivity index (χ1n) is 8.21. The van der Waals surface area contributed by atoms with E-state index in [1.807, 2.05) is 0 Å². The van der Waals surface area contributed by atoms with Crippen molar-refractivity contribution in [1.29, 1.82) is 5.41 Å². The number of thioether (sulfide) groups is 1. The lowest BCUT2D eigenvalue weighted by atomic mass is 10.2. The van der Waals surface area contributed by atoms with Gasteiger partial charge in [0.25, 0.3) is 0 Å². The van der Waals surface area contributed by atoms with Gasteiger partial charge in [0.2, 0.25) is 0 Å². The van der Waals surface area contributed by atoms with Crippen molar-refractivity contribution in [3.8, 4) is 0 Å². The normalized spacial score (nSPS) is 26.1. The number of aliphatic hydroxyl groups excluding tert-OH is 3. The molecule has 7 N–H and O–H groups in total. The number of hydrogen-bond donors (Lipinski definition) is 6. The molecule has 1 heterocycles. The molecule has 1 aliphatic carbocycles. The van der Waals surface area contributed by atoms with Crippen LogP contribution in [0.15, 0.2) is 0 Å². The highest BCUT2D eigenvalue weighted by atomic mass is 32.2. The molecule has 1 saturated carbocycles. The van der Waals surface area contributed by atoms with Crippen LogP contribution in [-0.4, -0.2) is 79.3 Å². The van der Waals surface area contributed by atoms with Crippen LogP contribution in [0.4, 0.5) is 5.82 Å². The molecule has 2 rings (SSSR count). The number of nitrogen functional groups attached to an aromatic ring is 1. The maximum atomic E-state index is 10.4. The van der Waals surface area contributed by atoms with Crippen molar-refractivity contribution in [3.05, 3.63) is 5.69 Å². The van der Waals surface area contributed by atoms with Crippen molar-refractivity contribution in [2.75, 3.05) is 30.2 Å². The van der Waals surface area contributed by atoms with Crippen LogP contribution in [0.2, 0.25) is 0 Å². The molecule has 25 heavy (non-hydrogen) atoms. The van der Waals surface area contributed by atoms with Gasteiger partial charge in [-0.1, -0.05) is 12.1 Å². The van der Waals surface area contributed by atoms with Crippen molar-refractivity contribution in [3.63, 3.8) is 0 Å². The van der Waals surface area contributed by atoms with Crippen LogP contribution in [0.5, 0.6) is 0 Å². The predicted octanol–water partition coefficient (Wildman–Crippen LogP) is -0.881. The standard InChI is InChI=1S/C14H26N6O4S/c1-2-5-25-7-17-14-10(13(15)16)18-19-20(14)8-6-9(24-4-3-21)12(23)11(8)22/h8-9,11-12,17,21-23H,2-7H2,1H3,(H3,15,16). The average molecular weight is 374 g/mol. The second-order valence-electron chi connectivity index (χ2n) is 5.79. The first kappa shape index (κ1) is 19.9. The highest BCUT2D eigenvalue weighted by Crippen LogP contribution is 2.35. The van der Waals surface area contributed by atoms with E-state index in [9.17, 15) is 10.2 Å². The molecule has 1 aromatic rings. The number of rotatable bonds is 10. The maximum Gasteiger partial charge on any atom is 0.171 e. The SMILES string of the molecule is CCCSCNc1c(C(=N)N)nnn1C1CC(OCCO)C(O)C1O. The minimum atomic E-state index is -1.10. The molecule has 0 aromatic carbocycles. The van der Waals surface area contributed by atoms with Gasteiger partial charge in [-0.05, 0) is 12.2 Å². The molecule has 0 radical (unpaired) electrons. The van der Waals surface area contributed by atoms with E-state index in [0.29, 0.717) is 18.1 Å². The fraction of sp³-hybridized carbons (Fsp3) is 0.786. The molecule has 10 nitrogen and oxygen atoms in total. The summed E-state index contributed by atoms with van der Waals surface area (Å²) < 4.78 is 6.84. The summed E-state index contributed by atoms with van der Waals surface area (Å²) in [5, 5.41) is 48.1. The van der Waals surface area contributed by atoms with Gasteiger partial charge in [-0.25, -0.2) is 4.68 Å². The Hall–Kier alpha value is -1.40. The molecule has 0 bridgehead atoms. The third kappa shape index (κ3) is 4.61. The van der Waals surface area contributed by atoms with Crippen molar-refractivity contribution < 1.29 is 20.1 Å². The smallest absolute Gasteiger partial charge is 0.171 e. The van der Waals surface area contributed by atoms with Gasteiger partial charge in [0, 0.05) is 6.42 Å². The maximum absolute atomic E-state index is 10.4. The van der Waals surface area contributed by atoms with Crippen LogP contribution in [-0.2, 0) is 4.74 Å². The monoisotopic (exact) mass is 374 g/mol. The van der Waals surface area contributed by atoms with Crippen LogP contribution in [0.1, 0.15) is 31.5 Å². The van der Waals surface area contributed by atoms with Gasteiger partial charge in [-0.2, -0.15) is 0 Å². The van der Waals surface area contributed by atoms with Gasteiger partial charge >= 0.3 is 0 Å². The number of hydrogen-bond acceptors (Lipinski definition) is 9. The second-order valence-corrected chi connectivity index (χ2v) is 6.90. The van der Waals surface area contributed by atoms with Gasteiger partial charge in [0.05, 0.1) is 31.2 Å². The van der Waals surface area contributed by atoms with Crippen molar-refractivity contribution >= 4 is 23.4 Å². The van der Waals surface area contributed by atoms with Gasteiger partial charge in [-0.3, -0.25) is 5.41 Å². The van der Waals surface area contributed by atoms with Crippen LogP contribution >= 0.6 is 11.8 Å². The van der Waals surface area contributed by atoms with Crippen molar-refractivity contribution in [2.24, 2.45) is 5.73 Å². The Morgan fingerprint density at radius 2 is 2.24 bits per heavy atom. The Kier molecular flexibility index (Phi) is 7.44. The molecule has 1 fully saturated rings. The Morgan fingerprint density at radius 1 is 1.48 bits per heavy atom. The number of aromatic nitrogens is 3. The van der Waals surface area contributed by atoms with E-state index in [1.54, 1.807) is 11.8 Å². The molecule has 11 heteroatoms. The summed E-state index contributed by atoms with van der Waals surface area (Å²) in [7, 11) is 0. The summed E-state index contributed by atoms with van der Waals surface area (Å²) >= 11 is 1.68. The molecular formula is C14H26N6O4S. The lowest BCUT2D eigenvalue weighted by Gasteiger charge is -2.19. The Labute approximate surface area is 150 Å². The average Bonchev–Trinajstić information content (AvgIpc) is 3.12. The van der Waals surface area contributed by atoms with Gasteiger partial charge in [-0.15, -0.1) is 16.9 Å². The van der Waals surface area contributed by atoms with Crippen LogP contribution < -0.4 is 11.1 Å². The lowest BCUT2D eigenvalue weighted by molar-refractivity contribution is -0.0629. The van der Waals surface area contributed by atoms with Crippen molar-refractivity contribution in [1.82, 2.24) is 15.0 Å². The highest BCUT2D eigenvalue weighted by molar-refractivity contribution is 7.99. The number of nitrogens with one attached hydrogen (secondary N) is 2. The Bertz CT molecular complexity index is 572. The molecule has 0 spiro atoms. The van der Waals surface area contributed by atoms with Gasteiger partial charge in [0.15, 0.2) is 11.5 Å². The predicted molar refractivity (Wildman–Crippen MR) is 94.8 cm³/mol. The quantitative estimate of drug-likeness (QED) is 0.132. The molecule has 4 unspecified atom stereocenters. The number of amidine groups is 1. The molecular weight excluding hydrogens is 348 g/mol. The zero-order valence-corrected chi connectivity index (χ0v) is 14.9. The summed E-state index contributed by atoms with van der Waals surface area (Å²) in [6.07, 6.45) is -1.46. The van der Waals surface area contributed by atoms with Gasteiger partial charge in [0.1, 0.15) is 18.0 Å². The van der Waals surface area contributed by atoms with E-state index in [-0.39, 0.29) is 24.7 Å². The van der Waals surface area contributed by atoms with E-state index in [2.05, 4.69) is 22.6 Å². The molecule has 4 atom stereocenters. The molecule has 1 aromatic heterocycles. The molecule has 1 aliphatic rings. The summed E-state index contributed by atoms with van der Waals surface area (Å²) in [5.74, 6) is 1.77. The summed E-state index contributed by atoms with van der Waals surface area (Å²) in [5.41, 5.74) is 5.78. The number of anilines is 1. The van der Waals surface area contributed by atoms with Crippen LogP contribution in [0.3, 0.4) is 0 Å². The van der Waals surface area contributed by atoms with Crippen LogP contribution in [0, 0.1) is 5.41 Å². The molecule has 0 saturated heterocycles. The van der Waals surface area contributed by atoms with Crippen LogP contribution in [0.25, 0.3) is 0 Å². The second kappa shape index (κ2) is 9.34. The fourth-order valence-electron chi connectivity index (χ4n) is 2.79. The zero-order valence-electron chi connectivity index (χ0n) is 14.1. The molecule has 142 valence electrons. The summed E-state index contributed by atoms with van der Waals surface area (Å²) in [6, 6.07) is -0.571. The van der Waals surface area contributed by atoms with Crippen molar-refractivity contribution in [2.45, 2.75) is 44.1 Å². The zero-order chi connectivity index (χ0) is 18.4. The third-order valence-corrected chi connectivity index (χ3v) is 5.02. The first-order chi connectivity index (χ1) is 12.0. The van der Waals surface area contributed by atoms with Gasteiger partial charge < -0.3 is 31.1 Å². The molecule has 0 aliphatic heterocycles. The third-order valence-electron chi connectivity index (χ3n) is 3.98. The Morgan fingerprint density at radius 3 is 2.88 bits per heavy atom. The summed E-state index contributed by atoms with van der Waals surface area (Å²) in [6.45, 7) is 2.00. The first-order valence-corrected chi connectivity index (χ1v) is 9.36. The minimum Gasteiger partial charge on any atom is -0.394 e. The van der Waals surface area contributed by atoms with E-state index in [1.165, 1.54) is 4.68 Å². The fourth-order valence-corrected chi connectivity index (χ4v) is 3.46. The highest BCUT2D eigenvalue weighted by Gasteiger charge is 2.44. The number of aliphatic hydroxyl groups is 3. The number of ether oxygens (including phenoxy) is 1. The number of nitrogens with two attached hydrogens (primary N) is 1. The van der Waals surface area contributed by atoms with E-state index >= 15 is 0 Å².